The minimum atomic E-state index is 0.0969. The number of anilines is 2. The third kappa shape index (κ3) is 4.29. The van der Waals surface area contributed by atoms with Gasteiger partial charge in [0.25, 0.3) is 5.91 Å². The number of piperidine rings is 2. The van der Waals surface area contributed by atoms with Gasteiger partial charge >= 0.3 is 0 Å². The lowest BCUT2D eigenvalue weighted by molar-refractivity contribution is 0.0725. The fourth-order valence-electron chi connectivity index (χ4n) is 4.27. The molecule has 2 aliphatic heterocycles. The first kappa shape index (κ1) is 18.8. The van der Waals surface area contributed by atoms with Crippen molar-refractivity contribution in [1.29, 1.82) is 0 Å². The number of pyridine rings is 1. The maximum atomic E-state index is 13.0. The molecule has 0 atom stereocenters. The second-order valence-corrected chi connectivity index (χ2v) is 7.78. The maximum Gasteiger partial charge on any atom is 0.257 e. The van der Waals surface area contributed by atoms with Crippen LogP contribution in [0.4, 0.5) is 11.5 Å². The van der Waals surface area contributed by atoms with Crippen LogP contribution in [-0.4, -0.2) is 42.0 Å². The van der Waals surface area contributed by atoms with Crippen LogP contribution >= 0.6 is 0 Å². The number of aromatic nitrogens is 1. The fraction of sp³-hybridized carbons (Fsp3) is 0.478. The molecule has 4 rings (SSSR count). The van der Waals surface area contributed by atoms with Gasteiger partial charge in [0.2, 0.25) is 0 Å². The molecule has 1 amide bonds. The molecule has 2 saturated heterocycles. The number of carbonyl (C=O) groups excluding carboxylic acids is 1. The molecule has 3 heterocycles. The number of amides is 1. The van der Waals surface area contributed by atoms with Crippen LogP contribution in [0, 0.1) is 0 Å². The highest BCUT2D eigenvalue weighted by molar-refractivity contribution is 5.98. The lowest BCUT2D eigenvalue weighted by Gasteiger charge is -2.31. The van der Waals surface area contributed by atoms with Crippen molar-refractivity contribution in [3.63, 3.8) is 0 Å². The number of nitrogens with one attached hydrogen (secondary N) is 1. The van der Waals surface area contributed by atoms with E-state index in [0.717, 1.165) is 39.0 Å². The summed E-state index contributed by atoms with van der Waals surface area (Å²) in [6.45, 7) is 4.62. The number of para-hydroxylation sites is 1. The van der Waals surface area contributed by atoms with Crippen LogP contribution in [-0.2, 0) is 6.54 Å². The Hall–Kier alpha value is -2.56. The van der Waals surface area contributed by atoms with Crippen LogP contribution in [0.5, 0.6) is 0 Å². The molecule has 28 heavy (non-hydrogen) atoms. The molecule has 1 N–H and O–H groups in total. The number of likely N-dealkylation sites (tertiary alicyclic amines) is 1. The largest absolute Gasteiger partial charge is 0.371 e. The highest BCUT2D eigenvalue weighted by Crippen LogP contribution is 2.25. The highest BCUT2D eigenvalue weighted by Gasteiger charge is 2.21. The number of hydrogen-bond acceptors (Lipinski definition) is 4. The van der Waals surface area contributed by atoms with E-state index in [1.54, 1.807) is 6.20 Å². The average Bonchev–Trinajstić information content (AvgIpc) is 2.79. The Balaban J connectivity index is 1.49. The molecular weight excluding hydrogens is 348 g/mol. The Morgan fingerprint density at radius 1 is 0.893 bits per heavy atom. The van der Waals surface area contributed by atoms with Crippen LogP contribution in [0.25, 0.3) is 0 Å². The molecule has 2 aliphatic rings. The van der Waals surface area contributed by atoms with Gasteiger partial charge in [-0.05, 0) is 62.3 Å². The van der Waals surface area contributed by atoms with Gasteiger partial charge in [-0.2, -0.15) is 0 Å². The summed E-state index contributed by atoms with van der Waals surface area (Å²) in [7, 11) is 0. The van der Waals surface area contributed by atoms with Crippen molar-refractivity contribution in [1.82, 2.24) is 9.88 Å². The molecule has 1 aromatic carbocycles. The zero-order valence-electron chi connectivity index (χ0n) is 16.6. The minimum Gasteiger partial charge on any atom is -0.371 e. The Morgan fingerprint density at radius 3 is 2.39 bits per heavy atom. The van der Waals surface area contributed by atoms with Crippen molar-refractivity contribution in [3.05, 3.63) is 53.7 Å². The average molecular weight is 379 g/mol. The van der Waals surface area contributed by atoms with Gasteiger partial charge in [0.1, 0.15) is 5.82 Å². The molecule has 0 bridgehead atoms. The molecule has 0 radical (unpaired) electrons. The summed E-state index contributed by atoms with van der Waals surface area (Å²) in [5, 5.41) is 3.44. The van der Waals surface area contributed by atoms with Crippen LogP contribution < -0.4 is 10.2 Å². The first-order valence-corrected chi connectivity index (χ1v) is 10.6. The molecule has 5 nitrogen and oxygen atoms in total. The summed E-state index contributed by atoms with van der Waals surface area (Å²) >= 11 is 0. The quantitative estimate of drug-likeness (QED) is 0.842. The van der Waals surface area contributed by atoms with E-state index >= 15 is 0 Å². The van der Waals surface area contributed by atoms with E-state index in [4.69, 9.17) is 0 Å². The highest BCUT2D eigenvalue weighted by atomic mass is 16.2. The molecule has 0 unspecified atom stereocenters. The number of rotatable bonds is 5. The zero-order valence-corrected chi connectivity index (χ0v) is 16.6. The Morgan fingerprint density at radius 2 is 1.61 bits per heavy atom. The monoisotopic (exact) mass is 378 g/mol. The second-order valence-electron chi connectivity index (χ2n) is 7.78. The first-order chi connectivity index (χ1) is 13.8. The normalized spacial score (nSPS) is 17.4. The van der Waals surface area contributed by atoms with E-state index < -0.39 is 0 Å². The van der Waals surface area contributed by atoms with Crippen molar-refractivity contribution < 1.29 is 4.79 Å². The third-order valence-corrected chi connectivity index (χ3v) is 5.82. The van der Waals surface area contributed by atoms with Crippen LogP contribution in [0.3, 0.4) is 0 Å². The number of nitrogens with zero attached hydrogens (tertiary/aromatic N) is 3. The Bertz CT molecular complexity index is 795. The Kier molecular flexibility index (Phi) is 6.10. The summed E-state index contributed by atoms with van der Waals surface area (Å²) < 4.78 is 0. The maximum absolute atomic E-state index is 13.0. The van der Waals surface area contributed by atoms with Gasteiger partial charge in [0.15, 0.2) is 0 Å². The van der Waals surface area contributed by atoms with E-state index in [0.29, 0.717) is 17.9 Å². The van der Waals surface area contributed by atoms with Crippen molar-refractivity contribution in [2.75, 3.05) is 36.4 Å². The molecule has 2 fully saturated rings. The first-order valence-electron chi connectivity index (χ1n) is 10.6. The van der Waals surface area contributed by atoms with Gasteiger partial charge in [0, 0.05) is 44.6 Å². The molecule has 5 heteroatoms. The predicted octanol–water partition coefficient (Wildman–Crippen LogP) is 4.31. The van der Waals surface area contributed by atoms with E-state index in [9.17, 15) is 4.79 Å². The van der Waals surface area contributed by atoms with Crippen molar-refractivity contribution >= 4 is 17.4 Å². The molecule has 1 aromatic heterocycles. The van der Waals surface area contributed by atoms with Gasteiger partial charge < -0.3 is 15.1 Å². The second kappa shape index (κ2) is 9.09. The summed E-state index contributed by atoms with van der Waals surface area (Å²) in [4.78, 5) is 21.9. The molecule has 0 spiro atoms. The van der Waals surface area contributed by atoms with E-state index in [1.807, 2.05) is 17.0 Å². The molecule has 2 aromatic rings. The van der Waals surface area contributed by atoms with Gasteiger partial charge in [0.05, 0.1) is 5.56 Å². The topological polar surface area (TPSA) is 48.5 Å². The summed E-state index contributed by atoms with van der Waals surface area (Å²) in [5.74, 6) is 0.783. The van der Waals surface area contributed by atoms with Crippen LogP contribution in [0.2, 0.25) is 0 Å². The van der Waals surface area contributed by atoms with Gasteiger partial charge in [-0.15, -0.1) is 0 Å². The third-order valence-electron chi connectivity index (χ3n) is 5.82. The SMILES string of the molecule is O=C(c1cccnc1NCc1ccccc1N1CCCCC1)N1CCCCC1. The summed E-state index contributed by atoms with van der Waals surface area (Å²) in [6.07, 6.45) is 9.01. The lowest BCUT2D eigenvalue weighted by atomic mass is 10.1. The van der Waals surface area contributed by atoms with Crippen molar-refractivity contribution in [2.45, 2.75) is 45.1 Å². The van der Waals surface area contributed by atoms with E-state index in [-0.39, 0.29) is 5.91 Å². The van der Waals surface area contributed by atoms with Gasteiger partial charge in [-0.25, -0.2) is 4.98 Å². The van der Waals surface area contributed by atoms with Crippen LogP contribution in [0.1, 0.15) is 54.4 Å². The fourth-order valence-corrected chi connectivity index (χ4v) is 4.27. The lowest BCUT2D eigenvalue weighted by Crippen LogP contribution is -2.36. The molecular formula is C23H30N4O. The number of benzene rings is 1. The van der Waals surface area contributed by atoms with Gasteiger partial charge in [-0.3, -0.25) is 4.79 Å². The minimum absolute atomic E-state index is 0.0969. The molecule has 0 saturated carbocycles. The number of carbonyl (C=O) groups is 1. The van der Waals surface area contributed by atoms with Gasteiger partial charge in [-0.1, -0.05) is 18.2 Å². The molecule has 148 valence electrons. The van der Waals surface area contributed by atoms with E-state index in [2.05, 4.69) is 39.5 Å². The molecule has 0 aliphatic carbocycles. The van der Waals surface area contributed by atoms with Crippen molar-refractivity contribution in [2.24, 2.45) is 0 Å². The van der Waals surface area contributed by atoms with E-state index in [1.165, 1.54) is 36.9 Å². The predicted molar refractivity (Wildman–Crippen MR) is 114 cm³/mol. The number of hydrogen-bond donors (Lipinski definition) is 1. The van der Waals surface area contributed by atoms with Crippen molar-refractivity contribution in [3.8, 4) is 0 Å². The summed E-state index contributed by atoms with van der Waals surface area (Å²) in [5.41, 5.74) is 3.24. The summed E-state index contributed by atoms with van der Waals surface area (Å²) in [6, 6.07) is 12.3. The standard InChI is InChI=1S/C23H30N4O/c28-23(27-16-7-2-8-17-27)20-11-9-13-24-22(20)25-18-19-10-3-4-12-21(19)26-14-5-1-6-15-26/h3-4,9-13H,1-2,5-8,14-18H2,(H,24,25). The zero-order chi connectivity index (χ0) is 19.2. The Labute approximate surface area is 167 Å². The smallest absolute Gasteiger partial charge is 0.257 e. The van der Waals surface area contributed by atoms with Crippen LogP contribution in [0.15, 0.2) is 42.6 Å².